The van der Waals surface area contributed by atoms with Crippen molar-refractivity contribution in [1.29, 1.82) is 0 Å². The van der Waals surface area contributed by atoms with Gasteiger partial charge in [-0.15, -0.1) is 0 Å². The molecule has 31 heavy (non-hydrogen) atoms. The van der Waals surface area contributed by atoms with Crippen LogP contribution >= 0.6 is 0 Å². The molecule has 1 aliphatic carbocycles. The summed E-state index contributed by atoms with van der Waals surface area (Å²) in [5, 5.41) is 34.9. The van der Waals surface area contributed by atoms with Crippen molar-refractivity contribution in [3.63, 3.8) is 0 Å². The third-order valence-corrected chi connectivity index (χ3v) is 6.22. The summed E-state index contributed by atoms with van der Waals surface area (Å²) in [6.45, 7) is 1.68. The highest BCUT2D eigenvalue weighted by Crippen LogP contribution is 2.31. The fourth-order valence-corrected chi connectivity index (χ4v) is 4.44. The van der Waals surface area contributed by atoms with Crippen molar-refractivity contribution < 1.29 is 34.3 Å². The molecule has 4 unspecified atom stereocenters. The van der Waals surface area contributed by atoms with Crippen LogP contribution < -0.4 is 28.3 Å². The highest BCUT2D eigenvalue weighted by Gasteiger charge is 2.50. The molecule has 2 fully saturated rings. The van der Waals surface area contributed by atoms with E-state index in [-0.39, 0.29) is 13.2 Å². The zero-order chi connectivity index (χ0) is 22.9. The van der Waals surface area contributed by atoms with Crippen molar-refractivity contribution in [3.05, 3.63) is 11.8 Å². The maximum absolute atomic E-state index is 11.0. The van der Waals surface area contributed by atoms with E-state index in [2.05, 4.69) is 5.32 Å². The number of nitrogens with two attached hydrogens (primary N) is 4. The normalized spacial score (nSPS) is 48.7. The first kappa shape index (κ1) is 24.7. The summed E-state index contributed by atoms with van der Waals surface area (Å²) in [4.78, 5) is 0. The summed E-state index contributed by atoms with van der Waals surface area (Å²) in [6, 6.07) is -2.37. The lowest BCUT2D eigenvalue weighted by atomic mass is 9.84. The van der Waals surface area contributed by atoms with Gasteiger partial charge in [-0.25, -0.2) is 0 Å². The van der Waals surface area contributed by atoms with Crippen LogP contribution in [0.25, 0.3) is 0 Å². The average molecular weight is 448 g/mol. The Kier molecular flexibility index (Phi) is 7.92. The van der Waals surface area contributed by atoms with Gasteiger partial charge in [0.2, 0.25) is 6.29 Å². The minimum absolute atomic E-state index is 0.0727. The molecule has 1 saturated heterocycles. The molecule has 12 N–H and O–H groups in total. The maximum Gasteiger partial charge on any atom is 0.215 e. The van der Waals surface area contributed by atoms with Gasteiger partial charge in [0, 0.05) is 12.1 Å². The number of ether oxygens (including phenoxy) is 4. The van der Waals surface area contributed by atoms with E-state index in [0.29, 0.717) is 18.6 Å². The topological polar surface area (TPSA) is 214 Å². The standard InChI is InChI=1S/C19H37N5O7/c1-19(27)7-28-18(13(26)16(19)24-2)31-15-11(23)5-10(22)14(12(15)25)30-17-9(21)4-3-8(6-20)29-17/h3,9-18,24-27H,4-7,20-23H2,1-2H3/t9?,10-,11+,12?,13?,14?,15-,16+,17+,18+,19-/m0/s1. The highest BCUT2D eigenvalue weighted by atomic mass is 16.7. The number of nitrogens with one attached hydrogen (secondary N) is 1. The maximum atomic E-state index is 11.0. The van der Waals surface area contributed by atoms with Gasteiger partial charge in [-0.05, 0) is 32.9 Å². The summed E-state index contributed by atoms with van der Waals surface area (Å²) in [6.07, 6.45) is -3.56. The van der Waals surface area contributed by atoms with Crippen molar-refractivity contribution in [1.82, 2.24) is 5.32 Å². The molecule has 0 radical (unpaired) electrons. The van der Waals surface area contributed by atoms with Crippen LogP contribution in [-0.4, -0.2) is 102 Å². The van der Waals surface area contributed by atoms with E-state index in [9.17, 15) is 15.3 Å². The second-order valence-electron chi connectivity index (χ2n) is 8.81. The van der Waals surface area contributed by atoms with Crippen molar-refractivity contribution >= 4 is 0 Å². The molecule has 0 aromatic rings. The van der Waals surface area contributed by atoms with E-state index in [4.69, 9.17) is 41.9 Å². The minimum Gasteiger partial charge on any atom is -0.467 e. The van der Waals surface area contributed by atoms with Gasteiger partial charge in [-0.2, -0.15) is 0 Å². The first-order valence-corrected chi connectivity index (χ1v) is 10.6. The number of hydrogen-bond donors (Lipinski definition) is 8. The Labute approximate surface area is 181 Å². The van der Waals surface area contributed by atoms with E-state index >= 15 is 0 Å². The lowest BCUT2D eigenvalue weighted by Gasteiger charge is -2.48. The zero-order valence-electron chi connectivity index (χ0n) is 18.0. The van der Waals surface area contributed by atoms with Crippen LogP contribution in [0.3, 0.4) is 0 Å². The number of aliphatic hydroxyl groups excluding tert-OH is 2. The molecule has 1 saturated carbocycles. The largest absolute Gasteiger partial charge is 0.467 e. The Bertz CT molecular complexity index is 639. The fraction of sp³-hybridized carbons (Fsp3) is 0.895. The van der Waals surface area contributed by atoms with Gasteiger partial charge < -0.3 is 62.5 Å². The van der Waals surface area contributed by atoms with Crippen molar-refractivity contribution in [3.8, 4) is 0 Å². The number of likely N-dealkylation sites (N-methyl/N-ethyl adjacent to an activating group) is 1. The second-order valence-corrected chi connectivity index (χ2v) is 8.81. The number of rotatable bonds is 6. The van der Waals surface area contributed by atoms with Gasteiger partial charge in [0.05, 0.1) is 25.2 Å². The molecule has 2 heterocycles. The molecule has 180 valence electrons. The molecule has 2 aliphatic heterocycles. The lowest BCUT2D eigenvalue weighted by molar-refractivity contribution is -0.303. The highest BCUT2D eigenvalue weighted by molar-refractivity contribution is 5.04. The van der Waals surface area contributed by atoms with Gasteiger partial charge >= 0.3 is 0 Å². The Morgan fingerprint density at radius 3 is 2.29 bits per heavy atom. The first-order chi connectivity index (χ1) is 14.6. The van der Waals surface area contributed by atoms with Gasteiger partial charge in [-0.1, -0.05) is 0 Å². The number of aliphatic hydroxyl groups is 3. The van der Waals surface area contributed by atoms with Crippen LogP contribution in [0.15, 0.2) is 11.8 Å². The molecule has 12 nitrogen and oxygen atoms in total. The average Bonchev–Trinajstić information content (AvgIpc) is 2.71. The molecule has 0 spiro atoms. The third kappa shape index (κ3) is 5.20. The predicted molar refractivity (Wildman–Crippen MR) is 110 cm³/mol. The molecule has 0 aromatic heterocycles. The van der Waals surface area contributed by atoms with Crippen LogP contribution in [0.1, 0.15) is 19.8 Å². The fourth-order valence-electron chi connectivity index (χ4n) is 4.44. The second kappa shape index (κ2) is 9.93. The van der Waals surface area contributed by atoms with Crippen molar-refractivity contribution in [2.45, 2.75) is 86.5 Å². The Morgan fingerprint density at radius 1 is 1.10 bits per heavy atom. The first-order valence-electron chi connectivity index (χ1n) is 10.6. The molecule has 3 rings (SSSR count). The SMILES string of the molecule is CN[C@@H]1C(O)[C@@H](O[C@@H]2C(O)C(O[C@H]3OC(CN)=CCC3N)[C@@H](N)C[C@H]2N)OC[C@]1(C)O. The molecule has 0 bridgehead atoms. The zero-order valence-corrected chi connectivity index (χ0v) is 18.0. The van der Waals surface area contributed by atoms with Gasteiger partial charge in [-0.3, -0.25) is 0 Å². The Balaban J connectivity index is 1.69. The van der Waals surface area contributed by atoms with Crippen LogP contribution in [0.4, 0.5) is 0 Å². The van der Waals surface area contributed by atoms with E-state index in [1.807, 2.05) is 0 Å². The van der Waals surface area contributed by atoms with E-state index < -0.39 is 66.8 Å². The summed E-state index contributed by atoms with van der Waals surface area (Å²) >= 11 is 0. The monoisotopic (exact) mass is 447 g/mol. The van der Waals surface area contributed by atoms with E-state index in [0.717, 1.165) is 0 Å². The van der Waals surface area contributed by atoms with Crippen molar-refractivity contribution in [2.24, 2.45) is 22.9 Å². The van der Waals surface area contributed by atoms with Gasteiger partial charge in [0.15, 0.2) is 6.29 Å². The van der Waals surface area contributed by atoms with Crippen LogP contribution in [0.2, 0.25) is 0 Å². The van der Waals surface area contributed by atoms with E-state index in [1.165, 1.54) is 0 Å². The van der Waals surface area contributed by atoms with Crippen molar-refractivity contribution in [2.75, 3.05) is 20.2 Å². The predicted octanol–water partition coefficient (Wildman–Crippen LogP) is -3.85. The smallest absolute Gasteiger partial charge is 0.215 e. The number of hydrogen-bond acceptors (Lipinski definition) is 12. The van der Waals surface area contributed by atoms with Crippen LogP contribution in [0.5, 0.6) is 0 Å². The molecule has 11 atom stereocenters. The minimum atomic E-state index is -1.29. The molecule has 3 aliphatic rings. The summed E-state index contributed by atoms with van der Waals surface area (Å²) < 4.78 is 23.1. The van der Waals surface area contributed by atoms with E-state index in [1.54, 1.807) is 20.0 Å². The molecule has 0 aromatic carbocycles. The lowest BCUT2D eigenvalue weighted by Crippen LogP contribution is -2.68. The van der Waals surface area contributed by atoms with Gasteiger partial charge in [0.1, 0.15) is 35.8 Å². The molecule has 0 amide bonds. The molecule has 12 heteroatoms. The van der Waals surface area contributed by atoms with Gasteiger partial charge in [0.25, 0.3) is 0 Å². The van der Waals surface area contributed by atoms with Crippen LogP contribution in [0, 0.1) is 0 Å². The summed E-state index contributed by atoms with van der Waals surface area (Å²) in [5.74, 6) is 0.555. The molecular formula is C19H37N5O7. The van der Waals surface area contributed by atoms with Crippen LogP contribution in [-0.2, 0) is 18.9 Å². The third-order valence-electron chi connectivity index (χ3n) is 6.22. The quantitative estimate of drug-likeness (QED) is 0.196. The molecular weight excluding hydrogens is 410 g/mol. The Morgan fingerprint density at radius 2 is 1.71 bits per heavy atom. The summed E-state index contributed by atoms with van der Waals surface area (Å²) in [5.41, 5.74) is 22.9. The Hall–Kier alpha value is -0.900. The summed E-state index contributed by atoms with van der Waals surface area (Å²) in [7, 11) is 1.62.